The first kappa shape index (κ1) is 24.9. The lowest BCUT2D eigenvalue weighted by molar-refractivity contribution is 0.936. The standard InChI is InChI=1S/C42H30N2/c1-28-12-9-10-23-43(33-16-11-15-30(24-33)29-13-3-2-4-14-29)39-22-21-31(25-36(28)39)32-26-37-34-17-5-7-19-40(34)44-41-20-8-6-18-35(41)38(27-32)42(37)44/h2-9,11-22,24-27H,1,10,23H2/b12-9-. The normalized spacial score (nSPS) is 14.4. The van der Waals surface area contributed by atoms with Gasteiger partial charge in [-0.3, -0.25) is 0 Å². The highest BCUT2D eigenvalue weighted by molar-refractivity contribution is 6.24. The molecule has 0 aliphatic carbocycles. The van der Waals surface area contributed by atoms with E-state index in [0.29, 0.717) is 0 Å². The minimum atomic E-state index is 0.904. The van der Waals surface area contributed by atoms with Gasteiger partial charge in [-0.25, -0.2) is 0 Å². The summed E-state index contributed by atoms with van der Waals surface area (Å²) in [6, 6.07) is 48.8. The Morgan fingerprint density at radius 2 is 1.18 bits per heavy atom. The number of anilines is 2. The molecule has 6 aromatic carbocycles. The van der Waals surface area contributed by atoms with E-state index in [2.05, 4.69) is 161 Å². The van der Waals surface area contributed by atoms with E-state index < -0.39 is 0 Å². The Kier molecular flexibility index (Phi) is 5.51. The number of rotatable bonds is 3. The van der Waals surface area contributed by atoms with E-state index in [1.165, 1.54) is 77.3 Å². The maximum Gasteiger partial charge on any atom is 0.0620 e. The van der Waals surface area contributed by atoms with E-state index in [1.54, 1.807) is 0 Å². The van der Waals surface area contributed by atoms with Crippen molar-refractivity contribution < 1.29 is 0 Å². The molecule has 9 rings (SSSR count). The number of nitrogens with zero attached hydrogens (tertiary/aromatic N) is 2. The highest BCUT2D eigenvalue weighted by atomic mass is 15.1. The van der Waals surface area contributed by atoms with Crippen molar-refractivity contribution >= 4 is 55.0 Å². The van der Waals surface area contributed by atoms with Gasteiger partial charge in [-0.2, -0.15) is 0 Å². The summed E-state index contributed by atoms with van der Waals surface area (Å²) in [4.78, 5) is 2.45. The average molecular weight is 563 g/mol. The van der Waals surface area contributed by atoms with Crippen molar-refractivity contribution in [1.82, 2.24) is 4.40 Å². The van der Waals surface area contributed by atoms with Crippen LogP contribution in [0.4, 0.5) is 11.4 Å². The summed E-state index contributed by atoms with van der Waals surface area (Å²) in [5.74, 6) is 0. The molecule has 208 valence electrons. The molecule has 0 N–H and O–H groups in total. The number of para-hydroxylation sites is 2. The second-order valence-electron chi connectivity index (χ2n) is 11.8. The fourth-order valence-corrected chi connectivity index (χ4v) is 7.22. The molecule has 1 aliphatic rings. The molecule has 2 aromatic heterocycles. The topological polar surface area (TPSA) is 7.65 Å². The summed E-state index contributed by atoms with van der Waals surface area (Å²) in [6.45, 7) is 5.43. The first-order chi connectivity index (χ1) is 21.7. The fourth-order valence-electron chi connectivity index (χ4n) is 7.22. The van der Waals surface area contributed by atoms with Gasteiger partial charge >= 0.3 is 0 Å². The van der Waals surface area contributed by atoms with Crippen LogP contribution in [0.3, 0.4) is 0 Å². The molecule has 0 bridgehead atoms. The van der Waals surface area contributed by atoms with E-state index >= 15 is 0 Å². The number of benzene rings is 6. The molecule has 8 aromatic rings. The van der Waals surface area contributed by atoms with Crippen molar-refractivity contribution in [3.63, 3.8) is 0 Å². The maximum absolute atomic E-state index is 4.52. The van der Waals surface area contributed by atoms with Gasteiger partial charge in [0.25, 0.3) is 0 Å². The largest absolute Gasteiger partial charge is 0.341 e. The van der Waals surface area contributed by atoms with E-state index in [0.717, 1.165) is 18.5 Å². The molecule has 44 heavy (non-hydrogen) atoms. The van der Waals surface area contributed by atoms with E-state index in [1.807, 2.05) is 0 Å². The number of allylic oxidation sites excluding steroid dienone is 2. The van der Waals surface area contributed by atoms with Crippen LogP contribution in [-0.2, 0) is 0 Å². The number of fused-ring (bicyclic) bond motifs is 7. The molecule has 0 saturated carbocycles. The number of hydrogen-bond acceptors (Lipinski definition) is 1. The maximum atomic E-state index is 4.52. The second kappa shape index (κ2) is 9.72. The molecular weight excluding hydrogens is 532 g/mol. The molecule has 0 unspecified atom stereocenters. The van der Waals surface area contributed by atoms with Gasteiger partial charge in [0.05, 0.1) is 16.6 Å². The van der Waals surface area contributed by atoms with Crippen LogP contribution in [0.15, 0.2) is 152 Å². The van der Waals surface area contributed by atoms with Crippen LogP contribution < -0.4 is 4.90 Å². The first-order valence-electron chi connectivity index (χ1n) is 15.3. The SMILES string of the molecule is C=C1/C=C\CCN(c2cccc(-c3ccccc3)c2)c2ccc(-c3cc4c5ccccc5n5c6ccccc6c(c3)c45)cc21. The van der Waals surface area contributed by atoms with Crippen LogP contribution in [0, 0.1) is 0 Å². The van der Waals surface area contributed by atoms with Gasteiger partial charge in [-0.05, 0) is 82.8 Å². The van der Waals surface area contributed by atoms with E-state index in [4.69, 9.17) is 0 Å². The smallest absolute Gasteiger partial charge is 0.0620 e. The van der Waals surface area contributed by atoms with Gasteiger partial charge in [0, 0.05) is 45.0 Å². The fraction of sp³-hybridized carbons (Fsp3) is 0.0476. The highest BCUT2D eigenvalue weighted by Crippen LogP contribution is 2.43. The zero-order valence-electron chi connectivity index (χ0n) is 24.4. The number of hydrogen-bond donors (Lipinski definition) is 0. The first-order valence-corrected chi connectivity index (χ1v) is 15.3. The molecule has 0 atom stereocenters. The summed E-state index contributed by atoms with van der Waals surface area (Å²) < 4.78 is 2.44. The Bertz CT molecular complexity index is 2320. The van der Waals surface area contributed by atoms with Crippen LogP contribution in [0.1, 0.15) is 12.0 Å². The van der Waals surface area contributed by atoms with Crippen LogP contribution in [0.5, 0.6) is 0 Å². The summed E-state index contributed by atoms with van der Waals surface area (Å²) in [5, 5.41) is 5.19. The third-order valence-electron chi connectivity index (χ3n) is 9.27. The minimum Gasteiger partial charge on any atom is -0.341 e. The van der Waals surface area contributed by atoms with Gasteiger partial charge in [-0.15, -0.1) is 0 Å². The van der Waals surface area contributed by atoms with Gasteiger partial charge in [0.15, 0.2) is 0 Å². The Balaban J connectivity index is 1.23. The molecule has 0 spiro atoms. The van der Waals surface area contributed by atoms with Crippen LogP contribution in [-0.4, -0.2) is 10.9 Å². The molecule has 0 fully saturated rings. The Hall–Kier alpha value is -5.60. The van der Waals surface area contributed by atoms with Crippen molar-refractivity contribution in [3.8, 4) is 22.3 Å². The van der Waals surface area contributed by atoms with Crippen molar-refractivity contribution in [2.45, 2.75) is 6.42 Å². The summed E-state index contributed by atoms with van der Waals surface area (Å²) >= 11 is 0. The molecule has 1 aliphatic heterocycles. The van der Waals surface area contributed by atoms with Crippen LogP contribution in [0.2, 0.25) is 0 Å². The zero-order valence-corrected chi connectivity index (χ0v) is 24.4. The monoisotopic (exact) mass is 562 g/mol. The summed E-state index contributed by atoms with van der Waals surface area (Å²) in [7, 11) is 0. The lowest BCUT2D eigenvalue weighted by atomic mass is 9.94. The molecular formula is C42H30N2. The van der Waals surface area contributed by atoms with Gasteiger partial charge in [0.1, 0.15) is 0 Å². The molecule has 0 amide bonds. The Morgan fingerprint density at radius 3 is 1.93 bits per heavy atom. The van der Waals surface area contributed by atoms with Crippen molar-refractivity contribution in [2.24, 2.45) is 0 Å². The third kappa shape index (κ3) is 3.74. The molecule has 2 heteroatoms. The summed E-state index contributed by atoms with van der Waals surface area (Å²) in [6.07, 6.45) is 5.40. The molecule has 0 saturated heterocycles. The van der Waals surface area contributed by atoms with Crippen molar-refractivity contribution in [2.75, 3.05) is 11.4 Å². The summed E-state index contributed by atoms with van der Waals surface area (Å²) in [5.41, 5.74) is 13.3. The quantitative estimate of drug-likeness (QED) is 0.208. The third-order valence-corrected chi connectivity index (χ3v) is 9.27. The molecule has 0 radical (unpaired) electrons. The van der Waals surface area contributed by atoms with Gasteiger partial charge < -0.3 is 9.30 Å². The van der Waals surface area contributed by atoms with Crippen LogP contribution >= 0.6 is 0 Å². The van der Waals surface area contributed by atoms with Crippen molar-refractivity contribution in [3.05, 3.63) is 158 Å². The van der Waals surface area contributed by atoms with Gasteiger partial charge in [0.2, 0.25) is 0 Å². The molecule has 3 heterocycles. The second-order valence-corrected chi connectivity index (χ2v) is 11.8. The predicted molar refractivity (Wildman–Crippen MR) is 188 cm³/mol. The Morgan fingerprint density at radius 1 is 0.523 bits per heavy atom. The van der Waals surface area contributed by atoms with Crippen molar-refractivity contribution in [1.29, 1.82) is 0 Å². The van der Waals surface area contributed by atoms with Gasteiger partial charge in [-0.1, -0.05) is 104 Å². The van der Waals surface area contributed by atoms with Crippen LogP contribution in [0.25, 0.3) is 65.9 Å². The minimum absolute atomic E-state index is 0.904. The van der Waals surface area contributed by atoms with E-state index in [-0.39, 0.29) is 0 Å². The zero-order chi connectivity index (χ0) is 29.2. The lowest BCUT2D eigenvalue weighted by Gasteiger charge is -2.29. The highest BCUT2D eigenvalue weighted by Gasteiger charge is 2.21. The number of aromatic nitrogens is 1. The molecule has 2 nitrogen and oxygen atoms in total. The average Bonchev–Trinajstić information content (AvgIpc) is 3.59. The predicted octanol–water partition coefficient (Wildman–Crippen LogP) is 11.3. The van der Waals surface area contributed by atoms with E-state index in [9.17, 15) is 0 Å². The lowest BCUT2D eigenvalue weighted by Crippen LogP contribution is -2.20. The Labute approximate surface area is 256 Å².